The third-order valence-corrected chi connectivity index (χ3v) is 3.89. The molecule has 1 aromatic rings. The third kappa shape index (κ3) is 4.71. The maximum atomic E-state index is 13.2. The summed E-state index contributed by atoms with van der Waals surface area (Å²) in [6.45, 7) is 1.20. The molecule has 1 aliphatic rings. The summed E-state index contributed by atoms with van der Waals surface area (Å²) in [6.07, 6.45) is -4.54. The monoisotopic (exact) mass is 328 g/mol. The Hall–Kier alpha value is -2.05. The zero-order chi connectivity index (χ0) is 17.0. The van der Waals surface area contributed by atoms with Gasteiger partial charge in [0.05, 0.1) is 6.42 Å². The van der Waals surface area contributed by atoms with Gasteiger partial charge in [0.25, 0.3) is 0 Å². The minimum absolute atomic E-state index is 0.0831. The van der Waals surface area contributed by atoms with Gasteiger partial charge in [-0.2, -0.15) is 13.2 Å². The molecule has 0 unspecified atom stereocenters. The molecule has 0 aliphatic carbocycles. The van der Waals surface area contributed by atoms with E-state index < -0.39 is 24.2 Å². The third-order valence-electron chi connectivity index (χ3n) is 3.89. The highest BCUT2D eigenvalue weighted by molar-refractivity contribution is 5.79. The van der Waals surface area contributed by atoms with E-state index in [0.717, 1.165) is 4.90 Å². The highest BCUT2D eigenvalue weighted by Crippen LogP contribution is 2.32. The molecule has 2 atom stereocenters. The Balaban J connectivity index is 2.13. The van der Waals surface area contributed by atoms with E-state index in [4.69, 9.17) is 0 Å². The Bertz CT molecular complexity index is 560. The van der Waals surface area contributed by atoms with Crippen LogP contribution in [-0.2, 0) is 16.0 Å². The largest absolute Gasteiger partial charge is 0.408 e. The van der Waals surface area contributed by atoms with Crippen molar-refractivity contribution < 1.29 is 22.8 Å². The van der Waals surface area contributed by atoms with Crippen molar-refractivity contribution in [3.8, 4) is 0 Å². The number of rotatable bonds is 3. The number of piperidine rings is 1. The Morgan fingerprint density at radius 1 is 1.22 bits per heavy atom. The van der Waals surface area contributed by atoms with E-state index in [1.807, 2.05) is 0 Å². The van der Waals surface area contributed by atoms with Crippen molar-refractivity contribution in [2.45, 2.75) is 44.4 Å². The molecular weight excluding hydrogens is 309 g/mol. The van der Waals surface area contributed by atoms with E-state index in [-0.39, 0.29) is 31.7 Å². The molecule has 1 N–H and O–H groups in total. The lowest BCUT2D eigenvalue weighted by molar-refractivity contribution is -0.197. The Kier molecular flexibility index (Phi) is 5.28. The van der Waals surface area contributed by atoms with Crippen LogP contribution in [0, 0.1) is 0 Å². The Morgan fingerprint density at radius 3 is 2.43 bits per heavy atom. The molecule has 0 spiro atoms. The van der Waals surface area contributed by atoms with Gasteiger partial charge in [0.15, 0.2) is 0 Å². The summed E-state index contributed by atoms with van der Waals surface area (Å²) in [5.74, 6) is -0.885. The standard InChI is InChI=1S/C16H19F3N2O2/c1-11(22)20-13-7-8-14(16(17,18)19)21(10-13)15(23)9-12-5-3-2-4-6-12/h2-6,13-14H,7-10H2,1H3,(H,20,22)/t13-,14+/m1/s1. The SMILES string of the molecule is CC(=O)N[C@@H]1CC[C@@H](C(F)(F)F)N(C(=O)Cc2ccccc2)C1. The van der Waals surface area contributed by atoms with Crippen molar-refractivity contribution in [1.82, 2.24) is 10.2 Å². The molecule has 0 radical (unpaired) electrons. The van der Waals surface area contributed by atoms with Gasteiger partial charge in [-0.25, -0.2) is 0 Å². The molecule has 1 saturated heterocycles. The predicted molar refractivity (Wildman–Crippen MR) is 78.5 cm³/mol. The molecule has 2 amide bonds. The van der Waals surface area contributed by atoms with E-state index in [1.54, 1.807) is 30.3 Å². The summed E-state index contributed by atoms with van der Waals surface area (Å²) >= 11 is 0. The number of nitrogens with zero attached hydrogens (tertiary/aromatic N) is 1. The van der Waals surface area contributed by atoms with Crippen molar-refractivity contribution >= 4 is 11.8 Å². The molecular formula is C16H19F3N2O2. The van der Waals surface area contributed by atoms with Crippen LogP contribution in [0.2, 0.25) is 0 Å². The van der Waals surface area contributed by atoms with Crippen LogP contribution in [0.1, 0.15) is 25.3 Å². The number of hydrogen-bond acceptors (Lipinski definition) is 2. The first-order chi connectivity index (χ1) is 10.8. The first-order valence-electron chi connectivity index (χ1n) is 7.44. The van der Waals surface area contributed by atoms with Crippen LogP contribution in [0.15, 0.2) is 30.3 Å². The lowest BCUT2D eigenvalue weighted by Gasteiger charge is -2.40. The minimum atomic E-state index is -4.46. The van der Waals surface area contributed by atoms with Crippen LogP contribution in [0.5, 0.6) is 0 Å². The molecule has 2 rings (SSSR count). The van der Waals surface area contributed by atoms with Crippen molar-refractivity contribution in [1.29, 1.82) is 0 Å². The normalized spacial score (nSPS) is 21.8. The molecule has 1 fully saturated rings. The van der Waals surface area contributed by atoms with Gasteiger partial charge < -0.3 is 10.2 Å². The Morgan fingerprint density at radius 2 is 1.87 bits per heavy atom. The summed E-state index contributed by atoms with van der Waals surface area (Å²) < 4.78 is 39.6. The van der Waals surface area contributed by atoms with Crippen molar-refractivity contribution in [3.05, 3.63) is 35.9 Å². The molecule has 0 saturated carbocycles. The van der Waals surface area contributed by atoms with Gasteiger partial charge >= 0.3 is 6.18 Å². The first-order valence-corrected chi connectivity index (χ1v) is 7.44. The zero-order valence-electron chi connectivity index (χ0n) is 12.8. The lowest BCUT2D eigenvalue weighted by Crippen LogP contribution is -2.58. The van der Waals surface area contributed by atoms with Gasteiger partial charge in [-0.15, -0.1) is 0 Å². The highest BCUT2D eigenvalue weighted by Gasteiger charge is 2.47. The van der Waals surface area contributed by atoms with Gasteiger partial charge in [0.1, 0.15) is 6.04 Å². The van der Waals surface area contributed by atoms with Gasteiger partial charge in [-0.3, -0.25) is 9.59 Å². The van der Waals surface area contributed by atoms with E-state index in [0.29, 0.717) is 5.56 Å². The van der Waals surface area contributed by atoms with Gasteiger partial charge in [0, 0.05) is 19.5 Å². The average molecular weight is 328 g/mol. The fourth-order valence-electron chi connectivity index (χ4n) is 2.86. The highest BCUT2D eigenvalue weighted by atomic mass is 19.4. The van der Waals surface area contributed by atoms with Crippen molar-refractivity contribution in [2.24, 2.45) is 0 Å². The molecule has 23 heavy (non-hydrogen) atoms. The molecule has 4 nitrogen and oxygen atoms in total. The maximum absolute atomic E-state index is 13.2. The van der Waals surface area contributed by atoms with Crippen molar-refractivity contribution in [3.63, 3.8) is 0 Å². The predicted octanol–water partition coefficient (Wildman–Crippen LogP) is 2.29. The molecule has 1 aromatic carbocycles. The molecule has 1 heterocycles. The second-order valence-electron chi connectivity index (χ2n) is 5.74. The van der Waals surface area contributed by atoms with E-state index >= 15 is 0 Å². The number of nitrogens with one attached hydrogen (secondary N) is 1. The van der Waals surface area contributed by atoms with E-state index in [1.165, 1.54) is 6.92 Å². The van der Waals surface area contributed by atoms with Gasteiger partial charge in [0.2, 0.25) is 11.8 Å². The van der Waals surface area contributed by atoms with Gasteiger partial charge in [-0.05, 0) is 18.4 Å². The summed E-state index contributed by atoms with van der Waals surface area (Å²) in [6, 6.07) is 6.43. The van der Waals surface area contributed by atoms with Crippen molar-refractivity contribution in [2.75, 3.05) is 6.54 Å². The topological polar surface area (TPSA) is 49.4 Å². The summed E-state index contributed by atoms with van der Waals surface area (Å²) in [7, 11) is 0. The fraction of sp³-hybridized carbons (Fsp3) is 0.500. The number of amides is 2. The van der Waals surface area contributed by atoms with E-state index in [9.17, 15) is 22.8 Å². The minimum Gasteiger partial charge on any atom is -0.352 e. The second-order valence-corrected chi connectivity index (χ2v) is 5.74. The fourth-order valence-corrected chi connectivity index (χ4v) is 2.86. The number of carbonyl (C=O) groups excluding carboxylic acids is 2. The van der Waals surface area contributed by atoms with Crippen LogP contribution in [-0.4, -0.2) is 41.5 Å². The second kappa shape index (κ2) is 7.02. The van der Waals surface area contributed by atoms with Gasteiger partial charge in [-0.1, -0.05) is 30.3 Å². The van der Waals surface area contributed by atoms with Crippen LogP contribution in [0.3, 0.4) is 0 Å². The molecule has 1 aliphatic heterocycles. The van der Waals surface area contributed by atoms with Crippen LogP contribution >= 0.6 is 0 Å². The maximum Gasteiger partial charge on any atom is 0.408 e. The molecule has 0 bridgehead atoms. The Labute approximate surface area is 132 Å². The summed E-state index contributed by atoms with van der Waals surface area (Å²) in [4.78, 5) is 24.3. The smallest absolute Gasteiger partial charge is 0.352 e. The van der Waals surface area contributed by atoms with Crippen LogP contribution in [0.4, 0.5) is 13.2 Å². The number of alkyl halides is 3. The lowest BCUT2D eigenvalue weighted by atomic mass is 9.96. The summed E-state index contributed by atoms with van der Waals surface area (Å²) in [5, 5.41) is 2.60. The number of carbonyl (C=O) groups is 2. The first kappa shape index (κ1) is 17.3. The zero-order valence-corrected chi connectivity index (χ0v) is 12.8. The van der Waals surface area contributed by atoms with Crippen LogP contribution in [0.25, 0.3) is 0 Å². The average Bonchev–Trinajstić information content (AvgIpc) is 2.46. The molecule has 7 heteroatoms. The van der Waals surface area contributed by atoms with E-state index in [2.05, 4.69) is 5.32 Å². The quantitative estimate of drug-likeness (QED) is 0.925. The number of benzene rings is 1. The van der Waals surface area contributed by atoms with Crippen LogP contribution < -0.4 is 5.32 Å². The number of halogens is 3. The molecule has 126 valence electrons. The number of likely N-dealkylation sites (tertiary alicyclic amines) is 1. The number of hydrogen-bond donors (Lipinski definition) is 1. The summed E-state index contributed by atoms with van der Waals surface area (Å²) in [5.41, 5.74) is 0.667. The molecule has 0 aromatic heterocycles.